The number of rotatable bonds is 5. The van der Waals surface area contributed by atoms with Gasteiger partial charge in [-0.2, -0.15) is 0 Å². The molecule has 0 radical (unpaired) electrons. The summed E-state index contributed by atoms with van der Waals surface area (Å²) < 4.78 is 5.57. The first kappa shape index (κ1) is 21.5. The van der Waals surface area contributed by atoms with Crippen molar-refractivity contribution in [1.29, 1.82) is 0 Å². The number of benzene rings is 1. The van der Waals surface area contributed by atoms with E-state index in [1.807, 2.05) is 34.7 Å². The molecule has 5 rings (SSSR count). The number of fused-ring (bicyclic) bond motifs is 1. The molecule has 1 fully saturated rings. The molecule has 0 aliphatic carbocycles. The highest BCUT2D eigenvalue weighted by Gasteiger charge is 2.29. The predicted molar refractivity (Wildman–Crippen MR) is 128 cm³/mol. The number of carbonyl (C=O) groups is 1. The van der Waals surface area contributed by atoms with Crippen molar-refractivity contribution < 1.29 is 9.53 Å². The molecule has 9 heteroatoms. The summed E-state index contributed by atoms with van der Waals surface area (Å²) in [5, 5.41) is 3.11. The van der Waals surface area contributed by atoms with Gasteiger partial charge >= 0.3 is 0 Å². The van der Waals surface area contributed by atoms with Crippen LogP contribution in [0.1, 0.15) is 30.9 Å². The summed E-state index contributed by atoms with van der Waals surface area (Å²) in [4.78, 5) is 34.0. The highest BCUT2D eigenvalue weighted by Crippen LogP contribution is 2.33. The Kier molecular flexibility index (Phi) is 6.06. The second-order valence-corrected chi connectivity index (χ2v) is 8.91. The number of ether oxygens (including phenoxy) is 1. The van der Waals surface area contributed by atoms with Gasteiger partial charge < -0.3 is 14.6 Å². The zero-order valence-corrected chi connectivity index (χ0v) is 19.5. The Morgan fingerprint density at radius 2 is 2.12 bits per heavy atom. The van der Waals surface area contributed by atoms with E-state index in [2.05, 4.69) is 36.3 Å². The molecule has 8 nitrogen and oxygen atoms in total. The summed E-state index contributed by atoms with van der Waals surface area (Å²) in [6.07, 6.45) is 2.60. The smallest absolute Gasteiger partial charge is 0.223 e. The number of aromatic nitrogens is 4. The lowest BCUT2D eigenvalue weighted by atomic mass is 10.1. The fraction of sp³-hybridized carbons (Fsp3) is 0.333. The summed E-state index contributed by atoms with van der Waals surface area (Å²) >= 11 is 1.61. The summed E-state index contributed by atoms with van der Waals surface area (Å²) in [6, 6.07) is 9.89. The third kappa shape index (κ3) is 4.46. The Balaban J connectivity index is 1.43. The normalized spacial score (nSPS) is 17.3. The molecule has 1 aliphatic rings. The lowest BCUT2D eigenvalue weighted by molar-refractivity contribution is -0.131. The minimum absolute atomic E-state index is 0.0541. The molecule has 1 aromatic carbocycles. The third-order valence-corrected chi connectivity index (χ3v) is 6.74. The number of imidazole rings is 1. The molecule has 1 saturated heterocycles. The van der Waals surface area contributed by atoms with Crippen molar-refractivity contribution in [2.45, 2.75) is 25.9 Å². The zero-order valence-electron chi connectivity index (χ0n) is 18.7. The molecular formula is C24H26N6O2S. The maximum absolute atomic E-state index is 12.5. The number of thiazole rings is 1. The predicted octanol–water partition coefficient (Wildman–Crippen LogP) is 3.89. The average Bonchev–Trinajstić information content (AvgIpc) is 3.47. The Bertz CT molecular complexity index is 1260. The number of pyridine rings is 1. The van der Waals surface area contributed by atoms with Gasteiger partial charge in [-0.25, -0.2) is 15.0 Å². The van der Waals surface area contributed by atoms with Gasteiger partial charge in [-0.05, 0) is 18.6 Å². The second-order valence-electron chi connectivity index (χ2n) is 8.19. The molecule has 0 bridgehead atoms. The molecule has 1 atom stereocenters. The highest BCUT2D eigenvalue weighted by molar-refractivity contribution is 7.07. The summed E-state index contributed by atoms with van der Waals surface area (Å²) in [5.41, 5.74) is 5.49. The molecule has 1 unspecified atom stereocenters. The lowest BCUT2D eigenvalue weighted by Crippen LogP contribution is -2.35. The Labute approximate surface area is 196 Å². The molecule has 0 spiro atoms. The molecule has 1 N–H and O–H groups in total. The number of carbonyl (C=O) groups excluding carboxylic acids is 1. The molecule has 1 aliphatic heterocycles. The Morgan fingerprint density at radius 1 is 1.24 bits per heavy atom. The summed E-state index contributed by atoms with van der Waals surface area (Å²) in [5.74, 6) is 1.38. The van der Waals surface area contributed by atoms with E-state index in [1.54, 1.807) is 31.6 Å². The maximum atomic E-state index is 12.5. The van der Waals surface area contributed by atoms with E-state index in [0.717, 1.165) is 59.7 Å². The molecule has 1 amide bonds. The van der Waals surface area contributed by atoms with Gasteiger partial charge in [-0.1, -0.05) is 18.2 Å². The van der Waals surface area contributed by atoms with Crippen molar-refractivity contribution in [1.82, 2.24) is 29.7 Å². The van der Waals surface area contributed by atoms with Crippen LogP contribution >= 0.6 is 11.3 Å². The van der Waals surface area contributed by atoms with Gasteiger partial charge in [0.2, 0.25) is 11.8 Å². The number of amides is 1. The molecule has 4 aromatic rings. The number of aromatic amines is 1. The average molecular weight is 463 g/mol. The third-order valence-electron chi connectivity index (χ3n) is 6.11. The molecule has 3 aromatic heterocycles. The minimum Gasteiger partial charge on any atom is -0.480 e. The van der Waals surface area contributed by atoms with Crippen LogP contribution < -0.4 is 4.74 Å². The van der Waals surface area contributed by atoms with Crippen molar-refractivity contribution in [3.8, 4) is 17.1 Å². The first-order chi connectivity index (χ1) is 16.1. The fourth-order valence-corrected chi connectivity index (χ4v) is 4.98. The van der Waals surface area contributed by atoms with Crippen molar-refractivity contribution in [2.24, 2.45) is 0 Å². The van der Waals surface area contributed by atoms with E-state index in [4.69, 9.17) is 4.74 Å². The van der Waals surface area contributed by atoms with Crippen molar-refractivity contribution in [3.05, 3.63) is 58.9 Å². The second kappa shape index (κ2) is 9.29. The largest absolute Gasteiger partial charge is 0.480 e. The van der Waals surface area contributed by atoms with Crippen molar-refractivity contribution in [3.63, 3.8) is 0 Å². The topological polar surface area (TPSA) is 87.2 Å². The first-order valence-corrected chi connectivity index (χ1v) is 11.9. The van der Waals surface area contributed by atoms with E-state index >= 15 is 0 Å². The van der Waals surface area contributed by atoms with Gasteiger partial charge in [0.15, 0.2) is 0 Å². The SMILES string of the molecule is COc1nc2ccccc2cc1-c1cnc(C2CCN(Cc3cscn3)CCN2C(C)=O)[nH]1. The van der Waals surface area contributed by atoms with Crippen LogP contribution in [-0.2, 0) is 11.3 Å². The maximum Gasteiger partial charge on any atom is 0.223 e. The molecule has 4 heterocycles. The molecule has 170 valence electrons. The van der Waals surface area contributed by atoms with Crippen LogP contribution in [0.5, 0.6) is 5.88 Å². The summed E-state index contributed by atoms with van der Waals surface area (Å²) in [7, 11) is 1.62. The van der Waals surface area contributed by atoms with E-state index in [-0.39, 0.29) is 11.9 Å². The highest BCUT2D eigenvalue weighted by atomic mass is 32.1. The minimum atomic E-state index is -0.115. The zero-order chi connectivity index (χ0) is 22.8. The van der Waals surface area contributed by atoms with E-state index in [9.17, 15) is 4.79 Å². The fourth-order valence-electron chi connectivity index (χ4n) is 4.43. The summed E-state index contributed by atoms with van der Waals surface area (Å²) in [6.45, 7) is 4.75. The number of hydrogen-bond donors (Lipinski definition) is 1. The quantitative estimate of drug-likeness (QED) is 0.484. The molecule has 0 saturated carbocycles. The van der Waals surface area contributed by atoms with Crippen LogP contribution in [0.25, 0.3) is 22.2 Å². The number of nitrogens with zero attached hydrogens (tertiary/aromatic N) is 5. The van der Waals surface area contributed by atoms with Gasteiger partial charge in [0.1, 0.15) is 5.82 Å². The lowest BCUT2D eigenvalue weighted by Gasteiger charge is -2.27. The van der Waals surface area contributed by atoms with Crippen LogP contribution in [0.4, 0.5) is 0 Å². The van der Waals surface area contributed by atoms with Crippen LogP contribution in [-0.4, -0.2) is 62.4 Å². The standard InChI is InChI=1S/C24H26N6O2S/c1-16(31)30-10-9-29(13-18-14-33-15-26-18)8-7-22(30)23-25-12-21(27-23)19-11-17-5-3-4-6-20(17)28-24(19)32-2/h3-6,11-12,14-15,22H,7-10,13H2,1-2H3,(H,25,27). The van der Waals surface area contributed by atoms with Gasteiger partial charge in [0.05, 0.1) is 47.3 Å². The van der Waals surface area contributed by atoms with E-state index < -0.39 is 0 Å². The molecular weight excluding hydrogens is 436 g/mol. The Morgan fingerprint density at radius 3 is 2.91 bits per heavy atom. The van der Waals surface area contributed by atoms with Crippen LogP contribution in [0.15, 0.2) is 47.4 Å². The van der Waals surface area contributed by atoms with Gasteiger partial charge in [0.25, 0.3) is 0 Å². The van der Waals surface area contributed by atoms with Crippen LogP contribution in [0, 0.1) is 0 Å². The Hall–Kier alpha value is -3.30. The number of methoxy groups -OCH3 is 1. The van der Waals surface area contributed by atoms with Gasteiger partial charge in [0, 0.05) is 43.9 Å². The van der Waals surface area contributed by atoms with Crippen molar-refractivity contribution in [2.75, 3.05) is 26.7 Å². The van der Waals surface area contributed by atoms with E-state index in [1.165, 1.54) is 0 Å². The van der Waals surface area contributed by atoms with E-state index in [0.29, 0.717) is 12.4 Å². The van der Waals surface area contributed by atoms with Crippen molar-refractivity contribution >= 4 is 28.1 Å². The number of hydrogen-bond acceptors (Lipinski definition) is 7. The molecule has 33 heavy (non-hydrogen) atoms. The number of para-hydroxylation sites is 1. The van der Waals surface area contributed by atoms with Gasteiger partial charge in [-0.3, -0.25) is 9.69 Å². The monoisotopic (exact) mass is 462 g/mol. The van der Waals surface area contributed by atoms with Crippen LogP contribution in [0.2, 0.25) is 0 Å². The van der Waals surface area contributed by atoms with Crippen LogP contribution in [0.3, 0.4) is 0 Å². The number of H-pyrrole nitrogens is 1. The van der Waals surface area contributed by atoms with Gasteiger partial charge in [-0.15, -0.1) is 11.3 Å². The first-order valence-electron chi connectivity index (χ1n) is 11.0. The number of nitrogens with one attached hydrogen (secondary N) is 1.